The van der Waals surface area contributed by atoms with Gasteiger partial charge in [0, 0.05) is 37.9 Å². The molecule has 9 heteroatoms. The van der Waals surface area contributed by atoms with Crippen LogP contribution in [0.2, 0.25) is 0 Å². The number of carbonyl (C=O) groups is 1. The summed E-state index contributed by atoms with van der Waals surface area (Å²) in [5.74, 6) is 1.33. The smallest absolute Gasteiger partial charge is 0.291 e. The second kappa shape index (κ2) is 14.2. The SMILES string of the molecule is CCNC(=NCc1cccc(NC(=O)c2ccco2)c1)NCC(C(C)C)N1CCOCC1.I. The number of hydrogen-bond acceptors (Lipinski definition) is 5. The van der Waals surface area contributed by atoms with Crippen LogP contribution in [0.25, 0.3) is 0 Å². The largest absolute Gasteiger partial charge is 0.459 e. The Morgan fingerprint density at radius 1 is 1.15 bits per heavy atom. The molecule has 8 nitrogen and oxygen atoms in total. The second-order valence-electron chi connectivity index (χ2n) is 8.17. The number of benzene rings is 1. The van der Waals surface area contributed by atoms with Gasteiger partial charge in [-0.25, -0.2) is 4.99 Å². The van der Waals surface area contributed by atoms with Crippen molar-refractivity contribution in [1.29, 1.82) is 0 Å². The molecule has 0 saturated carbocycles. The van der Waals surface area contributed by atoms with Crippen LogP contribution >= 0.6 is 24.0 Å². The highest BCUT2D eigenvalue weighted by Crippen LogP contribution is 2.14. The Morgan fingerprint density at radius 2 is 1.94 bits per heavy atom. The zero-order chi connectivity index (χ0) is 22.8. The summed E-state index contributed by atoms with van der Waals surface area (Å²) in [7, 11) is 0. The first kappa shape index (κ1) is 27.1. The quantitative estimate of drug-likeness (QED) is 0.243. The number of furan rings is 1. The molecule has 2 heterocycles. The first-order valence-corrected chi connectivity index (χ1v) is 11.3. The molecule has 1 aromatic heterocycles. The Hall–Kier alpha value is -2.11. The van der Waals surface area contributed by atoms with E-state index in [9.17, 15) is 4.79 Å². The van der Waals surface area contributed by atoms with E-state index in [4.69, 9.17) is 14.1 Å². The average Bonchev–Trinajstić information content (AvgIpc) is 3.33. The van der Waals surface area contributed by atoms with Crippen LogP contribution in [0.1, 0.15) is 36.9 Å². The lowest BCUT2D eigenvalue weighted by Gasteiger charge is -2.37. The van der Waals surface area contributed by atoms with E-state index >= 15 is 0 Å². The third-order valence-electron chi connectivity index (χ3n) is 5.46. The molecule has 0 spiro atoms. The fourth-order valence-electron chi connectivity index (χ4n) is 3.76. The molecule has 1 aromatic carbocycles. The maximum absolute atomic E-state index is 12.2. The number of nitrogens with one attached hydrogen (secondary N) is 3. The van der Waals surface area contributed by atoms with E-state index in [2.05, 4.69) is 41.6 Å². The summed E-state index contributed by atoms with van der Waals surface area (Å²) in [4.78, 5) is 19.5. The highest BCUT2D eigenvalue weighted by Gasteiger charge is 2.23. The van der Waals surface area contributed by atoms with Crippen molar-refractivity contribution in [3.63, 3.8) is 0 Å². The summed E-state index contributed by atoms with van der Waals surface area (Å²) < 4.78 is 10.7. The number of carbonyl (C=O) groups excluding carboxylic acids is 1. The van der Waals surface area contributed by atoms with Gasteiger partial charge >= 0.3 is 0 Å². The van der Waals surface area contributed by atoms with Gasteiger partial charge in [0.1, 0.15) is 0 Å². The van der Waals surface area contributed by atoms with Crippen LogP contribution < -0.4 is 16.0 Å². The zero-order valence-corrected chi connectivity index (χ0v) is 22.0. The normalized spacial score (nSPS) is 15.6. The van der Waals surface area contributed by atoms with Crippen LogP contribution in [0.3, 0.4) is 0 Å². The maximum Gasteiger partial charge on any atom is 0.291 e. The number of ether oxygens (including phenoxy) is 1. The monoisotopic (exact) mass is 569 g/mol. The molecule has 1 amide bonds. The molecule has 1 fully saturated rings. The van der Waals surface area contributed by atoms with Gasteiger partial charge in [-0.05, 0) is 42.7 Å². The van der Waals surface area contributed by atoms with E-state index in [0.29, 0.717) is 24.2 Å². The average molecular weight is 569 g/mol. The predicted molar refractivity (Wildman–Crippen MR) is 142 cm³/mol. The van der Waals surface area contributed by atoms with E-state index in [-0.39, 0.29) is 35.6 Å². The molecule has 0 bridgehead atoms. The van der Waals surface area contributed by atoms with E-state index in [1.807, 2.05) is 24.3 Å². The lowest BCUT2D eigenvalue weighted by Crippen LogP contribution is -2.52. The minimum absolute atomic E-state index is 0. The predicted octanol–water partition coefficient (Wildman–Crippen LogP) is 3.56. The minimum atomic E-state index is -0.270. The Kier molecular flexibility index (Phi) is 11.7. The lowest BCUT2D eigenvalue weighted by atomic mass is 10.0. The van der Waals surface area contributed by atoms with Gasteiger partial charge in [-0.2, -0.15) is 0 Å². The first-order chi connectivity index (χ1) is 15.6. The summed E-state index contributed by atoms with van der Waals surface area (Å²) in [6.45, 7) is 12.2. The number of nitrogens with zero attached hydrogens (tertiary/aromatic N) is 2. The molecule has 1 aliphatic rings. The topological polar surface area (TPSA) is 91.1 Å². The van der Waals surface area contributed by atoms with Gasteiger partial charge in [-0.15, -0.1) is 24.0 Å². The number of morpholine rings is 1. The Labute approximate surface area is 213 Å². The molecule has 2 aromatic rings. The molecule has 0 radical (unpaired) electrons. The summed E-state index contributed by atoms with van der Waals surface area (Å²) in [5, 5.41) is 9.70. The number of anilines is 1. The van der Waals surface area contributed by atoms with Crippen LogP contribution in [0, 0.1) is 5.92 Å². The van der Waals surface area contributed by atoms with Crippen molar-refractivity contribution in [1.82, 2.24) is 15.5 Å². The van der Waals surface area contributed by atoms with Crippen LogP contribution in [0.5, 0.6) is 0 Å². The first-order valence-electron chi connectivity index (χ1n) is 11.3. The Morgan fingerprint density at radius 3 is 2.61 bits per heavy atom. The Balaban J connectivity index is 0.00000385. The van der Waals surface area contributed by atoms with E-state index in [1.165, 1.54) is 6.26 Å². The third kappa shape index (κ3) is 8.63. The summed E-state index contributed by atoms with van der Waals surface area (Å²) in [6, 6.07) is 11.4. The molecule has 1 saturated heterocycles. The van der Waals surface area contributed by atoms with Gasteiger partial charge in [0.05, 0.1) is 26.0 Å². The molecule has 1 atom stereocenters. The number of rotatable bonds is 9. The number of halogens is 1. The van der Waals surface area contributed by atoms with Crippen LogP contribution in [0.15, 0.2) is 52.1 Å². The van der Waals surface area contributed by atoms with Gasteiger partial charge in [0.2, 0.25) is 0 Å². The lowest BCUT2D eigenvalue weighted by molar-refractivity contribution is 0.00752. The van der Waals surface area contributed by atoms with Crippen molar-refractivity contribution in [3.8, 4) is 0 Å². The minimum Gasteiger partial charge on any atom is -0.459 e. The molecule has 182 valence electrons. The summed E-state index contributed by atoms with van der Waals surface area (Å²) in [5.41, 5.74) is 1.72. The van der Waals surface area contributed by atoms with Gasteiger partial charge in [0.25, 0.3) is 5.91 Å². The van der Waals surface area contributed by atoms with Crippen molar-refractivity contribution in [2.75, 3.05) is 44.7 Å². The van der Waals surface area contributed by atoms with Gasteiger partial charge < -0.3 is 25.1 Å². The summed E-state index contributed by atoms with van der Waals surface area (Å²) in [6.07, 6.45) is 1.48. The summed E-state index contributed by atoms with van der Waals surface area (Å²) >= 11 is 0. The van der Waals surface area contributed by atoms with Crippen molar-refractivity contribution < 1.29 is 13.9 Å². The number of amides is 1. The fraction of sp³-hybridized carbons (Fsp3) is 0.500. The molecular formula is C24H36IN5O3. The highest BCUT2D eigenvalue weighted by atomic mass is 127. The zero-order valence-electron chi connectivity index (χ0n) is 19.7. The second-order valence-corrected chi connectivity index (χ2v) is 8.17. The van der Waals surface area contributed by atoms with Crippen LogP contribution in [0.4, 0.5) is 5.69 Å². The van der Waals surface area contributed by atoms with Gasteiger partial charge in [0.15, 0.2) is 11.7 Å². The number of aliphatic imine (C=N–C) groups is 1. The molecule has 1 aliphatic heterocycles. The van der Waals surface area contributed by atoms with Crippen LogP contribution in [-0.4, -0.2) is 62.2 Å². The van der Waals surface area contributed by atoms with E-state index < -0.39 is 0 Å². The van der Waals surface area contributed by atoms with Gasteiger partial charge in [-0.1, -0.05) is 26.0 Å². The molecule has 3 rings (SSSR count). The maximum atomic E-state index is 12.2. The third-order valence-corrected chi connectivity index (χ3v) is 5.46. The van der Waals surface area contributed by atoms with Crippen molar-refractivity contribution in [3.05, 3.63) is 54.0 Å². The van der Waals surface area contributed by atoms with Crippen LogP contribution in [-0.2, 0) is 11.3 Å². The van der Waals surface area contributed by atoms with Crippen molar-refractivity contribution in [2.45, 2.75) is 33.4 Å². The van der Waals surface area contributed by atoms with Crippen molar-refractivity contribution in [2.24, 2.45) is 10.9 Å². The highest BCUT2D eigenvalue weighted by molar-refractivity contribution is 14.0. The number of guanidine groups is 1. The molecule has 0 aliphatic carbocycles. The molecule has 3 N–H and O–H groups in total. The van der Waals surface area contributed by atoms with E-state index in [1.54, 1.807) is 12.1 Å². The molecular weight excluding hydrogens is 533 g/mol. The fourth-order valence-corrected chi connectivity index (χ4v) is 3.76. The molecule has 33 heavy (non-hydrogen) atoms. The van der Waals surface area contributed by atoms with Crippen molar-refractivity contribution >= 4 is 41.5 Å². The molecule has 1 unspecified atom stereocenters. The van der Waals surface area contributed by atoms with Gasteiger partial charge in [-0.3, -0.25) is 9.69 Å². The van der Waals surface area contributed by atoms with E-state index in [0.717, 1.165) is 50.9 Å². The number of hydrogen-bond donors (Lipinski definition) is 3. The standard InChI is InChI=1S/C24H35N5O3.HI/c1-4-25-24(27-17-21(18(2)3)29-10-13-31-14-11-29)26-16-19-7-5-8-20(15-19)28-23(30)22-9-6-12-32-22;/h5-9,12,15,18,21H,4,10-11,13-14,16-17H2,1-3H3,(H,28,30)(H2,25,26,27);1H. The Bertz CT molecular complexity index is 867.